The first-order valence-electron chi connectivity index (χ1n) is 4.13. The minimum atomic E-state index is -0.931. The fourth-order valence-electron chi connectivity index (χ4n) is 0.557. The molecule has 3 N–H and O–H groups in total. The smallest absolute Gasteiger partial charge is 0.325 e. The van der Waals surface area contributed by atoms with Crippen molar-refractivity contribution >= 4 is 5.97 Å². The average molecular weight is 175 g/mol. The van der Waals surface area contributed by atoms with Crippen molar-refractivity contribution in [3.05, 3.63) is 0 Å². The van der Waals surface area contributed by atoms with Gasteiger partial charge in [0.1, 0.15) is 6.04 Å². The summed E-state index contributed by atoms with van der Waals surface area (Å²) in [7, 11) is 0. The van der Waals surface area contributed by atoms with E-state index in [0.29, 0.717) is 0 Å². The van der Waals surface area contributed by atoms with Crippen LogP contribution in [0.4, 0.5) is 0 Å². The molecule has 12 heavy (non-hydrogen) atoms. The van der Waals surface area contributed by atoms with E-state index in [1.807, 2.05) is 6.92 Å². The van der Waals surface area contributed by atoms with Gasteiger partial charge in [-0.3, -0.25) is 4.79 Å². The van der Waals surface area contributed by atoms with Crippen LogP contribution in [0, 0.1) is 0 Å². The summed E-state index contributed by atoms with van der Waals surface area (Å²) in [5.74, 6) is -0.542. The van der Waals surface area contributed by atoms with E-state index in [9.17, 15) is 4.79 Å². The van der Waals surface area contributed by atoms with E-state index in [2.05, 4.69) is 0 Å². The van der Waals surface area contributed by atoms with Gasteiger partial charge in [0.15, 0.2) is 0 Å². The molecule has 0 aliphatic heterocycles. The fourth-order valence-corrected chi connectivity index (χ4v) is 0.557. The third-order valence-electron chi connectivity index (χ3n) is 1.68. The molecule has 0 aliphatic rings. The standard InChI is InChI=1S/C8H17NO3/c1-4-5(2)12-8(11)7(9)6(3)10/h5-7,10H,4,9H2,1-3H3/t5-,6?,7-/m0/s1. The van der Waals surface area contributed by atoms with Gasteiger partial charge >= 0.3 is 5.97 Å². The lowest BCUT2D eigenvalue weighted by molar-refractivity contribution is -0.152. The Hall–Kier alpha value is -0.610. The highest BCUT2D eigenvalue weighted by atomic mass is 16.5. The van der Waals surface area contributed by atoms with Crippen LogP contribution in [0.15, 0.2) is 0 Å². The zero-order valence-electron chi connectivity index (χ0n) is 7.78. The molecule has 0 saturated carbocycles. The highest BCUT2D eigenvalue weighted by Gasteiger charge is 2.21. The van der Waals surface area contributed by atoms with Crippen LogP contribution in [0.2, 0.25) is 0 Å². The second-order valence-electron chi connectivity index (χ2n) is 2.92. The van der Waals surface area contributed by atoms with Gasteiger partial charge in [0, 0.05) is 0 Å². The second-order valence-corrected chi connectivity index (χ2v) is 2.92. The summed E-state index contributed by atoms with van der Waals surface area (Å²) in [5.41, 5.74) is 5.34. The van der Waals surface area contributed by atoms with Gasteiger partial charge in [-0.05, 0) is 20.3 Å². The number of aliphatic hydroxyl groups excluding tert-OH is 1. The van der Waals surface area contributed by atoms with Crippen molar-refractivity contribution in [3.8, 4) is 0 Å². The Morgan fingerprint density at radius 3 is 2.42 bits per heavy atom. The van der Waals surface area contributed by atoms with Crippen molar-refractivity contribution in [3.63, 3.8) is 0 Å². The monoisotopic (exact) mass is 175 g/mol. The van der Waals surface area contributed by atoms with E-state index < -0.39 is 18.1 Å². The maximum atomic E-state index is 11.0. The molecule has 0 spiro atoms. The molecule has 0 aromatic heterocycles. The first-order valence-corrected chi connectivity index (χ1v) is 4.13. The fraction of sp³-hybridized carbons (Fsp3) is 0.875. The minimum absolute atomic E-state index is 0.137. The zero-order chi connectivity index (χ0) is 9.72. The molecule has 0 aromatic carbocycles. The molecule has 0 amide bonds. The molecule has 4 nitrogen and oxygen atoms in total. The van der Waals surface area contributed by atoms with Crippen molar-refractivity contribution in [2.75, 3.05) is 0 Å². The third-order valence-corrected chi connectivity index (χ3v) is 1.68. The molecule has 72 valence electrons. The highest BCUT2D eigenvalue weighted by molar-refractivity contribution is 5.76. The first-order chi connectivity index (χ1) is 5.49. The second kappa shape index (κ2) is 5.11. The van der Waals surface area contributed by atoms with Gasteiger partial charge in [0.05, 0.1) is 12.2 Å². The summed E-state index contributed by atoms with van der Waals surface area (Å²) in [6.07, 6.45) is -0.248. The Morgan fingerprint density at radius 2 is 2.08 bits per heavy atom. The number of nitrogens with two attached hydrogens (primary N) is 1. The summed E-state index contributed by atoms with van der Waals surface area (Å²) in [6, 6.07) is -0.931. The van der Waals surface area contributed by atoms with Gasteiger partial charge < -0.3 is 15.6 Å². The molecule has 0 bridgehead atoms. The van der Waals surface area contributed by atoms with Crippen molar-refractivity contribution < 1.29 is 14.6 Å². The van der Waals surface area contributed by atoms with E-state index in [1.54, 1.807) is 6.92 Å². The molecule has 0 saturated heterocycles. The molecule has 1 unspecified atom stereocenters. The van der Waals surface area contributed by atoms with Gasteiger partial charge in [-0.15, -0.1) is 0 Å². The Balaban J connectivity index is 3.87. The molecular formula is C8H17NO3. The van der Waals surface area contributed by atoms with Crippen LogP contribution < -0.4 is 5.73 Å². The molecule has 3 atom stereocenters. The van der Waals surface area contributed by atoms with Crippen LogP contribution in [0.5, 0.6) is 0 Å². The predicted octanol–water partition coefficient (Wildman–Crippen LogP) is 0.0362. The third kappa shape index (κ3) is 3.69. The van der Waals surface area contributed by atoms with Crippen molar-refractivity contribution in [1.82, 2.24) is 0 Å². The van der Waals surface area contributed by atoms with E-state index >= 15 is 0 Å². The van der Waals surface area contributed by atoms with Crippen LogP contribution in [0.3, 0.4) is 0 Å². The maximum Gasteiger partial charge on any atom is 0.325 e. The average Bonchev–Trinajstić information content (AvgIpc) is 2.02. The highest BCUT2D eigenvalue weighted by Crippen LogP contribution is 2.00. The molecule has 0 radical (unpaired) electrons. The Bertz CT molecular complexity index is 147. The summed E-state index contributed by atoms with van der Waals surface area (Å²) in [6.45, 7) is 5.15. The van der Waals surface area contributed by atoms with E-state index in [1.165, 1.54) is 6.92 Å². The lowest BCUT2D eigenvalue weighted by atomic mass is 10.2. The largest absolute Gasteiger partial charge is 0.461 e. The number of rotatable bonds is 4. The van der Waals surface area contributed by atoms with Gasteiger partial charge in [0.2, 0.25) is 0 Å². The van der Waals surface area contributed by atoms with Crippen LogP contribution in [0.25, 0.3) is 0 Å². The minimum Gasteiger partial charge on any atom is -0.461 e. The van der Waals surface area contributed by atoms with Crippen molar-refractivity contribution in [1.29, 1.82) is 0 Å². The number of carbonyl (C=O) groups excluding carboxylic acids is 1. The molecule has 0 rings (SSSR count). The molecular weight excluding hydrogens is 158 g/mol. The normalized spacial score (nSPS) is 18.1. The summed E-state index contributed by atoms with van der Waals surface area (Å²) in [4.78, 5) is 11.0. The molecule has 0 heterocycles. The molecule has 0 aromatic rings. The van der Waals surface area contributed by atoms with E-state index in [4.69, 9.17) is 15.6 Å². The molecule has 4 heteroatoms. The van der Waals surface area contributed by atoms with Gasteiger partial charge in [-0.1, -0.05) is 6.92 Å². The van der Waals surface area contributed by atoms with Crippen LogP contribution >= 0.6 is 0 Å². The Morgan fingerprint density at radius 1 is 1.58 bits per heavy atom. The van der Waals surface area contributed by atoms with Gasteiger partial charge in [-0.2, -0.15) is 0 Å². The molecule has 0 aliphatic carbocycles. The maximum absolute atomic E-state index is 11.0. The SMILES string of the molecule is CC[C@H](C)OC(=O)[C@@H](N)C(C)O. The number of aliphatic hydroxyl groups is 1. The van der Waals surface area contributed by atoms with Gasteiger partial charge in [0.25, 0.3) is 0 Å². The van der Waals surface area contributed by atoms with E-state index in [-0.39, 0.29) is 6.10 Å². The predicted molar refractivity (Wildman–Crippen MR) is 45.5 cm³/mol. The van der Waals surface area contributed by atoms with Crippen LogP contribution in [0.1, 0.15) is 27.2 Å². The molecule has 0 fully saturated rings. The quantitative estimate of drug-likeness (QED) is 0.591. The van der Waals surface area contributed by atoms with Crippen molar-refractivity contribution in [2.24, 2.45) is 5.73 Å². The van der Waals surface area contributed by atoms with Crippen molar-refractivity contribution in [2.45, 2.75) is 45.4 Å². The number of hydrogen-bond donors (Lipinski definition) is 2. The number of hydrogen-bond acceptors (Lipinski definition) is 4. The van der Waals surface area contributed by atoms with Crippen LogP contribution in [-0.4, -0.2) is 29.3 Å². The first kappa shape index (κ1) is 11.4. The number of ether oxygens (including phenoxy) is 1. The summed E-state index contributed by atoms with van der Waals surface area (Å²) in [5, 5.41) is 8.95. The number of esters is 1. The Kier molecular flexibility index (Phi) is 4.85. The summed E-state index contributed by atoms with van der Waals surface area (Å²) < 4.78 is 4.90. The summed E-state index contributed by atoms with van der Waals surface area (Å²) >= 11 is 0. The number of carbonyl (C=O) groups is 1. The lowest BCUT2D eigenvalue weighted by Crippen LogP contribution is -2.42. The topological polar surface area (TPSA) is 72.5 Å². The van der Waals surface area contributed by atoms with Crippen LogP contribution in [-0.2, 0) is 9.53 Å². The zero-order valence-corrected chi connectivity index (χ0v) is 7.78. The van der Waals surface area contributed by atoms with Gasteiger partial charge in [-0.25, -0.2) is 0 Å². The van der Waals surface area contributed by atoms with E-state index in [0.717, 1.165) is 6.42 Å². The Labute approximate surface area is 72.7 Å². The lowest BCUT2D eigenvalue weighted by Gasteiger charge is -2.16.